The highest BCUT2D eigenvalue weighted by atomic mass is 35.5. The van der Waals surface area contributed by atoms with Gasteiger partial charge in [-0.2, -0.15) is 0 Å². The predicted octanol–water partition coefficient (Wildman–Crippen LogP) is 3.83. The Morgan fingerprint density at radius 2 is 1.86 bits per heavy atom. The lowest BCUT2D eigenvalue weighted by Gasteiger charge is -2.06. The average molecular weight is 303 g/mol. The van der Waals surface area contributed by atoms with Crippen LogP contribution < -0.4 is 10.2 Å². The summed E-state index contributed by atoms with van der Waals surface area (Å²) in [5.74, 6) is 1.00. The highest BCUT2D eigenvalue weighted by molar-refractivity contribution is 6.36. The molecule has 3 aromatic rings. The maximum absolute atomic E-state index is 12.2. The second-order valence-electron chi connectivity index (χ2n) is 4.48. The summed E-state index contributed by atoms with van der Waals surface area (Å²) in [6, 6.07) is 11.4. The molecule has 0 aliphatic rings. The van der Waals surface area contributed by atoms with E-state index in [9.17, 15) is 9.90 Å². The molecule has 1 heterocycles. The third-order valence-corrected chi connectivity index (χ3v) is 3.57. The van der Waals surface area contributed by atoms with Crippen LogP contribution in [0.3, 0.4) is 0 Å². The van der Waals surface area contributed by atoms with Crippen molar-refractivity contribution in [3.8, 4) is 22.8 Å². The van der Waals surface area contributed by atoms with Crippen LogP contribution in [-0.4, -0.2) is 12.2 Å². The SMILES string of the molecule is COc1ccc(-c2cc(=O)c3c(Cl)c(O)ccc3o2)cc1. The Labute approximate surface area is 125 Å². The Hall–Kier alpha value is -2.46. The smallest absolute Gasteiger partial charge is 0.194 e. The summed E-state index contributed by atoms with van der Waals surface area (Å²) in [5.41, 5.74) is 0.776. The number of fused-ring (bicyclic) bond motifs is 1. The molecule has 0 amide bonds. The molecule has 106 valence electrons. The molecule has 0 aliphatic heterocycles. The molecule has 0 saturated heterocycles. The molecule has 1 aromatic heterocycles. The summed E-state index contributed by atoms with van der Waals surface area (Å²) in [7, 11) is 1.58. The second-order valence-corrected chi connectivity index (χ2v) is 4.85. The minimum absolute atomic E-state index is 0.00234. The largest absolute Gasteiger partial charge is 0.506 e. The fraction of sp³-hybridized carbons (Fsp3) is 0.0625. The van der Waals surface area contributed by atoms with Crippen LogP contribution in [0.5, 0.6) is 11.5 Å². The third-order valence-electron chi connectivity index (χ3n) is 3.19. The van der Waals surface area contributed by atoms with Crippen molar-refractivity contribution in [1.82, 2.24) is 0 Å². The van der Waals surface area contributed by atoms with Gasteiger partial charge >= 0.3 is 0 Å². The minimum atomic E-state index is -0.303. The molecule has 0 fully saturated rings. The van der Waals surface area contributed by atoms with E-state index < -0.39 is 0 Å². The Balaban J connectivity index is 2.21. The van der Waals surface area contributed by atoms with Gasteiger partial charge in [0.2, 0.25) is 0 Å². The van der Waals surface area contributed by atoms with Crippen molar-refractivity contribution < 1.29 is 14.3 Å². The topological polar surface area (TPSA) is 59.7 Å². The lowest BCUT2D eigenvalue weighted by atomic mass is 10.1. The molecule has 5 heteroatoms. The number of ether oxygens (including phenoxy) is 1. The quantitative estimate of drug-likeness (QED) is 0.781. The van der Waals surface area contributed by atoms with Gasteiger partial charge in [0.05, 0.1) is 17.5 Å². The zero-order valence-electron chi connectivity index (χ0n) is 11.1. The van der Waals surface area contributed by atoms with Crippen molar-refractivity contribution in [3.63, 3.8) is 0 Å². The summed E-state index contributed by atoms with van der Waals surface area (Å²) in [5, 5.41) is 9.74. The van der Waals surface area contributed by atoms with Crippen LogP contribution in [0.2, 0.25) is 5.02 Å². The Kier molecular flexibility index (Phi) is 3.31. The Morgan fingerprint density at radius 1 is 1.14 bits per heavy atom. The highest BCUT2D eigenvalue weighted by Crippen LogP contribution is 2.32. The highest BCUT2D eigenvalue weighted by Gasteiger charge is 2.12. The third kappa shape index (κ3) is 2.34. The molecular formula is C16H11ClO4. The van der Waals surface area contributed by atoms with E-state index in [0.717, 1.165) is 11.3 Å². The predicted molar refractivity (Wildman–Crippen MR) is 81.1 cm³/mol. The number of benzene rings is 2. The number of hydrogen-bond donors (Lipinski definition) is 1. The molecular weight excluding hydrogens is 292 g/mol. The number of phenols is 1. The van der Waals surface area contributed by atoms with E-state index in [1.54, 1.807) is 31.4 Å². The Bertz CT molecular complexity index is 866. The second kappa shape index (κ2) is 5.14. The molecule has 1 N–H and O–H groups in total. The van der Waals surface area contributed by atoms with Gasteiger partial charge in [-0.25, -0.2) is 0 Å². The summed E-state index contributed by atoms with van der Waals surface area (Å²) in [4.78, 5) is 12.2. The van der Waals surface area contributed by atoms with Gasteiger partial charge < -0.3 is 14.3 Å². The molecule has 0 radical (unpaired) electrons. The molecule has 2 aromatic carbocycles. The van der Waals surface area contributed by atoms with Gasteiger partial charge in [-0.15, -0.1) is 0 Å². The minimum Gasteiger partial charge on any atom is -0.506 e. The van der Waals surface area contributed by atoms with E-state index in [1.807, 2.05) is 0 Å². The molecule has 0 bridgehead atoms. The van der Waals surface area contributed by atoms with Gasteiger partial charge in [-0.1, -0.05) is 11.6 Å². The fourth-order valence-electron chi connectivity index (χ4n) is 2.10. The zero-order valence-corrected chi connectivity index (χ0v) is 11.8. The normalized spacial score (nSPS) is 10.8. The van der Waals surface area contributed by atoms with E-state index in [-0.39, 0.29) is 21.6 Å². The van der Waals surface area contributed by atoms with E-state index in [0.29, 0.717) is 11.3 Å². The maximum Gasteiger partial charge on any atom is 0.194 e. The molecule has 0 spiro atoms. The first-order chi connectivity index (χ1) is 10.1. The Morgan fingerprint density at radius 3 is 2.52 bits per heavy atom. The monoisotopic (exact) mass is 302 g/mol. The van der Waals surface area contributed by atoms with Crippen LogP contribution in [0.15, 0.2) is 51.7 Å². The number of phenolic OH excluding ortho intramolecular Hbond substituents is 1. The number of halogens is 1. The molecule has 0 atom stereocenters. The summed E-state index contributed by atoms with van der Waals surface area (Å²) in [6.45, 7) is 0. The van der Waals surface area contributed by atoms with Crippen molar-refractivity contribution >= 4 is 22.6 Å². The van der Waals surface area contributed by atoms with Crippen molar-refractivity contribution in [1.29, 1.82) is 0 Å². The first kappa shape index (κ1) is 13.5. The van der Waals surface area contributed by atoms with Gasteiger partial charge in [-0.05, 0) is 36.4 Å². The van der Waals surface area contributed by atoms with Crippen LogP contribution in [0.25, 0.3) is 22.3 Å². The van der Waals surface area contributed by atoms with Crippen LogP contribution >= 0.6 is 11.6 Å². The van der Waals surface area contributed by atoms with E-state index >= 15 is 0 Å². The van der Waals surface area contributed by atoms with Crippen molar-refractivity contribution in [2.75, 3.05) is 7.11 Å². The van der Waals surface area contributed by atoms with Crippen molar-refractivity contribution in [2.45, 2.75) is 0 Å². The summed E-state index contributed by atoms with van der Waals surface area (Å²) < 4.78 is 10.8. The fourth-order valence-corrected chi connectivity index (χ4v) is 2.35. The number of rotatable bonds is 2. The lowest BCUT2D eigenvalue weighted by Crippen LogP contribution is -2.01. The molecule has 21 heavy (non-hydrogen) atoms. The molecule has 0 unspecified atom stereocenters. The number of methoxy groups -OCH3 is 1. The number of aromatic hydroxyl groups is 1. The van der Waals surface area contributed by atoms with Crippen molar-refractivity contribution in [3.05, 3.63) is 57.7 Å². The molecule has 4 nitrogen and oxygen atoms in total. The van der Waals surface area contributed by atoms with E-state index in [2.05, 4.69) is 0 Å². The molecule has 3 rings (SSSR count). The number of hydrogen-bond acceptors (Lipinski definition) is 4. The molecule has 0 saturated carbocycles. The van der Waals surface area contributed by atoms with Gasteiger partial charge in [0.25, 0.3) is 0 Å². The maximum atomic E-state index is 12.2. The van der Waals surface area contributed by atoms with Crippen molar-refractivity contribution in [2.24, 2.45) is 0 Å². The average Bonchev–Trinajstić information content (AvgIpc) is 2.50. The zero-order chi connectivity index (χ0) is 15.0. The summed E-state index contributed by atoms with van der Waals surface area (Å²) in [6.07, 6.45) is 0. The van der Waals surface area contributed by atoms with Gasteiger partial charge in [-0.3, -0.25) is 4.79 Å². The van der Waals surface area contributed by atoms with Gasteiger partial charge in [0.15, 0.2) is 5.43 Å². The first-order valence-electron chi connectivity index (χ1n) is 6.20. The first-order valence-corrected chi connectivity index (χ1v) is 6.57. The van der Waals surface area contributed by atoms with E-state index in [1.165, 1.54) is 18.2 Å². The van der Waals surface area contributed by atoms with Gasteiger partial charge in [0, 0.05) is 11.6 Å². The lowest BCUT2D eigenvalue weighted by molar-refractivity contribution is 0.415. The standard InChI is InChI=1S/C16H11ClO4/c1-20-10-4-2-9(3-5-10)14-8-12(19)15-13(21-14)7-6-11(18)16(15)17/h2-8,18H,1H3. The van der Waals surface area contributed by atoms with Crippen LogP contribution in [0.4, 0.5) is 0 Å². The van der Waals surface area contributed by atoms with Crippen LogP contribution in [-0.2, 0) is 0 Å². The molecule has 0 aliphatic carbocycles. The summed E-state index contributed by atoms with van der Waals surface area (Å²) >= 11 is 5.94. The van der Waals surface area contributed by atoms with Crippen LogP contribution in [0, 0.1) is 0 Å². The van der Waals surface area contributed by atoms with E-state index in [4.69, 9.17) is 20.8 Å². The van der Waals surface area contributed by atoms with Gasteiger partial charge in [0.1, 0.15) is 22.8 Å². The van der Waals surface area contributed by atoms with Crippen LogP contribution in [0.1, 0.15) is 0 Å².